The molecule has 0 unspecified atom stereocenters. The lowest BCUT2D eigenvalue weighted by molar-refractivity contribution is -0.925. The van der Waals surface area contributed by atoms with Crippen LogP contribution in [0.25, 0.3) is 0 Å². The van der Waals surface area contributed by atoms with Crippen molar-refractivity contribution in [3.63, 3.8) is 0 Å². The molecule has 0 saturated carbocycles. The Balaban J connectivity index is 1.39. The van der Waals surface area contributed by atoms with Crippen LogP contribution < -0.4 is 9.64 Å². The lowest BCUT2D eigenvalue weighted by Gasteiger charge is -2.35. The van der Waals surface area contributed by atoms with Gasteiger partial charge in [-0.1, -0.05) is 17.7 Å². The number of sulfone groups is 1. The van der Waals surface area contributed by atoms with Gasteiger partial charge in [-0.25, -0.2) is 8.42 Å². The van der Waals surface area contributed by atoms with E-state index in [1.165, 1.54) is 10.5 Å². The summed E-state index contributed by atoms with van der Waals surface area (Å²) in [6.07, 6.45) is 1.14. The molecule has 0 aliphatic carbocycles. The summed E-state index contributed by atoms with van der Waals surface area (Å²) < 4.78 is 28.9. The molecule has 1 amide bonds. The summed E-state index contributed by atoms with van der Waals surface area (Å²) in [6.45, 7) is 5.49. The number of rotatable bonds is 5. The molecule has 2 fully saturated rings. The van der Waals surface area contributed by atoms with Crippen molar-refractivity contribution >= 4 is 15.7 Å². The van der Waals surface area contributed by atoms with E-state index in [1.54, 1.807) is 0 Å². The number of amides is 1. The van der Waals surface area contributed by atoms with E-state index in [0.29, 0.717) is 37.6 Å². The summed E-state index contributed by atoms with van der Waals surface area (Å²) in [5.41, 5.74) is 1.18. The fourth-order valence-electron chi connectivity index (χ4n) is 3.62. The van der Waals surface area contributed by atoms with Crippen LogP contribution in [0.5, 0.6) is 5.75 Å². The van der Waals surface area contributed by atoms with Gasteiger partial charge in [0.25, 0.3) is 0 Å². The van der Waals surface area contributed by atoms with Gasteiger partial charge in [0.15, 0.2) is 9.84 Å². The average molecular weight is 367 g/mol. The molecule has 25 heavy (non-hydrogen) atoms. The van der Waals surface area contributed by atoms with E-state index >= 15 is 0 Å². The molecule has 2 aliphatic rings. The van der Waals surface area contributed by atoms with Gasteiger partial charge in [-0.05, 0) is 19.1 Å². The first-order valence-electron chi connectivity index (χ1n) is 8.95. The lowest BCUT2D eigenvalue weighted by atomic mass is 10.2. The molecule has 1 atom stereocenters. The second-order valence-electron chi connectivity index (χ2n) is 7.05. The molecular formula is C18H27N2O4S+. The van der Waals surface area contributed by atoms with Gasteiger partial charge < -0.3 is 14.5 Å². The van der Waals surface area contributed by atoms with Gasteiger partial charge in [-0.3, -0.25) is 4.79 Å². The number of ether oxygens (including phenoxy) is 1. The van der Waals surface area contributed by atoms with E-state index in [1.807, 2.05) is 36.1 Å². The van der Waals surface area contributed by atoms with Gasteiger partial charge in [0.05, 0.1) is 45.0 Å². The van der Waals surface area contributed by atoms with Crippen LogP contribution in [0.2, 0.25) is 0 Å². The zero-order valence-corrected chi connectivity index (χ0v) is 15.6. The van der Waals surface area contributed by atoms with Crippen molar-refractivity contribution in [3.05, 3.63) is 29.8 Å². The maximum Gasteiger partial charge on any atom is 0.226 e. The molecule has 2 heterocycles. The van der Waals surface area contributed by atoms with Crippen molar-refractivity contribution < 1.29 is 22.8 Å². The van der Waals surface area contributed by atoms with Crippen LogP contribution in [0.1, 0.15) is 18.4 Å². The summed E-state index contributed by atoms with van der Waals surface area (Å²) in [7, 11) is -2.83. The molecule has 1 aromatic carbocycles. The third-order valence-electron chi connectivity index (χ3n) is 5.17. The van der Waals surface area contributed by atoms with Crippen molar-refractivity contribution in [2.75, 3.05) is 44.3 Å². The molecule has 1 N–H and O–H groups in total. The summed E-state index contributed by atoms with van der Waals surface area (Å²) in [5.74, 6) is 1.53. The van der Waals surface area contributed by atoms with Crippen LogP contribution in [0.15, 0.2) is 24.3 Å². The molecular weight excluding hydrogens is 340 g/mol. The van der Waals surface area contributed by atoms with Crippen LogP contribution in [0.4, 0.5) is 0 Å². The topological polar surface area (TPSA) is 68.1 Å². The van der Waals surface area contributed by atoms with Crippen LogP contribution in [-0.2, 0) is 14.6 Å². The summed E-state index contributed by atoms with van der Waals surface area (Å²) in [4.78, 5) is 15.5. The number of benzene rings is 1. The highest BCUT2D eigenvalue weighted by atomic mass is 32.2. The molecule has 138 valence electrons. The fourth-order valence-corrected chi connectivity index (χ4v) is 5.44. The highest BCUT2D eigenvalue weighted by Crippen LogP contribution is 2.12. The van der Waals surface area contributed by atoms with Crippen molar-refractivity contribution in [2.45, 2.75) is 25.8 Å². The maximum atomic E-state index is 12.3. The van der Waals surface area contributed by atoms with Gasteiger partial charge in [0.2, 0.25) is 5.91 Å². The Morgan fingerprint density at radius 3 is 2.52 bits per heavy atom. The van der Waals surface area contributed by atoms with Gasteiger partial charge >= 0.3 is 0 Å². The number of carbonyl (C=O) groups excluding carboxylic acids is 1. The van der Waals surface area contributed by atoms with Gasteiger partial charge in [0.1, 0.15) is 17.5 Å². The number of hydrogen-bond donors (Lipinski definition) is 1. The molecule has 7 heteroatoms. The minimum Gasteiger partial charge on any atom is -0.493 e. The third-order valence-corrected chi connectivity index (χ3v) is 6.94. The number of carbonyl (C=O) groups is 1. The van der Waals surface area contributed by atoms with Gasteiger partial charge in [-0.2, -0.15) is 0 Å². The van der Waals surface area contributed by atoms with Crippen molar-refractivity contribution in [1.82, 2.24) is 4.90 Å². The van der Waals surface area contributed by atoms with Crippen LogP contribution in [0, 0.1) is 6.92 Å². The Labute approximate surface area is 149 Å². The van der Waals surface area contributed by atoms with Crippen molar-refractivity contribution in [1.29, 1.82) is 0 Å². The number of hydrogen-bond acceptors (Lipinski definition) is 4. The second kappa shape index (κ2) is 7.74. The molecule has 6 nitrogen and oxygen atoms in total. The quantitative estimate of drug-likeness (QED) is 0.774. The zero-order chi connectivity index (χ0) is 17.9. The van der Waals surface area contributed by atoms with Crippen LogP contribution >= 0.6 is 0 Å². The van der Waals surface area contributed by atoms with Gasteiger partial charge in [-0.15, -0.1) is 0 Å². The summed E-state index contributed by atoms with van der Waals surface area (Å²) in [6, 6.07) is 8.02. The molecule has 2 aliphatic heterocycles. The molecule has 0 bridgehead atoms. The smallest absolute Gasteiger partial charge is 0.226 e. The molecule has 0 spiro atoms. The number of nitrogens with zero attached hydrogens (tertiary/aromatic N) is 1. The van der Waals surface area contributed by atoms with E-state index in [2.05, 4.69) is 0 Å². The first-order chi connectivity index (χ1) is 11.9. The minimum atomic E-state index is -2.83. The number of piperazine rings is 1. The molecule has 3 rings (SSSR count). The predicted molar refractivity (Wildman–Crippen MR) is 95.6 cm³/mol. The normalized spacial score (nSPS) is 23.6. The molecule has 0 radical (unpaired) electrons. The lowest BCUT2D eigenvalue weighted by Crippen LogP contribution is -3.18. The van der Waals surface area contributed by atoms with E-state index in [0.717, 1.165) is 25.3 Å². The maximum absolute atomic E-state index is 12.3. The summed E-state index contributed by atoms with van der Waals surface area (Å²) in [5, 5.41) is 0. The monoisotopic (exact) mass is 367 g/mol. The largest absolute Gasteiger partial charge is 0.493 e. The third kappa shape index (κ3) is 4.95. The average Bonchev–Trinajstić information content (AvgIpc) is 2.97. The first-order valence-corrected chi connectivity index (χ1v) is 10.8. The highest BCUT2D eigenvalue weighted by molar-refractivity contribution is 7.91. The Hall–Kier alpha value is -1.60. The molecule has 2 saturated heterocycles. The Morgan fingerprint density at radius 1 is 1.24 bits per heavy atom. The fraction of sp³-hybridized carbons (Fsp3) is 0.611. The van der Waals surface area contributed by atoms with Crippen molar-refractivity contribution in [3.8, 4) is 5.75 Å². The van der Waals surface area contributed by atoms with Crippen molar-refractivity contribution in [2.24, 2.45) is 0 Å². The van der Waals surface area contributed by atoms with Crippen LogP contribution in [-0.4, -0.2) is 69.6 Å². The predicted octanol–water partition coefficient (Wildman–Crippen LogP) is -0.322. The SMILES string of the molecule is Cc1ccc(OCCC(=O)N2CC[NH+]([C@H]3CCS(=O)(=O)C3)CC2)cc1. The van der Waals surface area contributed by atoms with Crippen LogP contribution in [0.3, 0.4) is 0 Å². The molecule has 1 aromatic rings. The molecule has 0 aromatic heterocycles. The number of quaternary nitrogens is 1. The first kappa shape index (κ1) is 18.2. The minimum absolute atomic E-state index is 0.116. The van der Waals surface area contributed by atoms with E-state index in [9.17, 15) is 13.2 Å². The Kier molecular flexibility index (Phi) is 5.64. The van der Waals surface area contributed by atoms with Gasteiger partial charge in [0, 0.05) is 6.42 Å². The zero-order valence-electron chi connectivity index (χ0n) is 14.7. The number of aryl methyl sites for hydroxylation is 1. The summed E-state index contributed by atoms with van der Waals surface area (Å²) >= 11 is 0. The number of nitrogens with one attached hydrogen (secondary N) is 1. The van der Waals surface area contributed by atoms with E-state index in [4.69, 9.17) is 4.74 Å². The standard InChI is InChI=1S/C18H26N2O4S/c1-15-2-4-17(5-3-15)24-12-6-18(21)20-10-8-19(9-11-20)16-7-13-25(22,23)14-16/h2-5,16H,6-14H2,1H3/p+1/t16-/m0/s1. The Bertz CT molecular complexity index is 694. The highest BCUT2D eigenvalue weighted by Gasteiger charge is 2.37. The van der Waals surface area contributed by atoms with E-state index in [-0.39, 0.29) is 11.9 Å². The second-order valence-corrected chi connectivity index (χ2v) is 9.28. The Morgan fingerprint density at radius 2 is 1.92 bits per heavy atom. The van der Waals surface area contributed by atoms with E-state index < -0.39 is 9.84 Å².